The number of carbonyl (C=O) groups excluding carboxylic acids is 2. The minimum absolute atomic E-state index is 0.101. The fourth-order valence-electron chi connectivity index (χ4n) is 3.96. The Morgan fingerprint density at radius 2 is 1.76 bits per heavy atom. The van der Waals surface area contributed by atoms with Crippen LogP contribution in [-0.4, -0.2) is 33.8 Å². The molecule has 0 aliphatic carbocycles. The largest absolute Gasteiger partial charge is 0.497 e. The summed E-state index contributed by atoms with van der Waals surface area (Å²) in [6, 6.07) is 19.3. The van der Waals surface area contributed by atoms with E-state index in [1.54, 1.807) is 13.2 Å². The van der Waals surface area contributed by atoms with Gasteiger partial charge in [0.2, 0.25) is 0 Å². The van der Waals surface area contributed by atoms with Crippen molar-refractivity contribution in [2.45, 2.75) is 25.9 Å². The van der Waals surface area contributed by atoms with Crippen LogP contribution in [0.3, 0.4) is 0 Å². The molecule has 0 aliphatic rings. The molecule has 37 heavy (non-hydrogen) atoms. The van der Waals surface area contributed by atoms with Gasteiger partial charge in [-0.05, 0) is 59.5 Å². The molecule has 0 saturated heterocycles. The van der Waals surface area contributed by atoms with E-state index in [1.165, 1.54) is 47.8 Å². The summed E-state index contributed by atoms with van der Waals surface area (Å²) in [6.07, 6.45) is 5.11. The molecule has 1 atom stereocenters. The zero-order valence-corrected chi connectivity index (χ0v) is 20.6. The molecule has 1 heterocycles. The number of halogens is 1. The molecule has 2 amide bonds. The minimum atomic E-state index is -1.02. The maximum absolute atomic E-state index is 13.8. The van der Waals surface area contributed by atoms with Gasteiger partial charge >= 0.3 is 0 Å². The summed E-state index contributed by atoms with van der Waals surface area (Å²) in [5.74, 6) is -0.697. The lowest BCUT2D eigenvalue weighted by atomic mass is 10.00. The van der Waals surface area contributed by atoms with Gasteiger partial charge in [-0.15, -0.1) is 0 Å². The van der Waals surface area contributed by atoms with Crippen LogP contribution in [0, 0.1) is 5.82 Å². The van der Waals surface area contributed by atoms with Gasteiger partial charge in [-0.2, -0.15) is 0 Å². The van der Waals surface area contributed by atoms with Crippen molar-refractivity contribution < 1.29 is 18.7 Å². The first kappa shape index (κ1) is 25.5. The molecule has 188 valence electrons. The maximum atomic E-state index is 13.8. The summed E-state index contributed by atoms with van der Waals surface area (Å²) in [6.45, 7) is 2.14. The summed E-state index contributed by atoms with van der Waals surface area (Å²) < 4.78 is 18.8. The van der Waals surface area contributed by atoms with E-state index in [1.807, 2.05) is 49.4 Å². The molecule has 1 N–H and O–H groups in total. The fraction of sp³-hybridized carbons (Fsp3) is 0.172. The van der Waals surface area contributed by atoms with E-state index in [0.717, 1.165) is 17.5 Å². The second kappa shape index (κ2) is 11.9. The molecule has 0 aliphatic heterocycles. The van der Waals surface area contributed by atoms with Gasteiger partial charge in [-0.3, -0.25) is 14.6 Å². The molecule has 0 fully saturated rings. The van der Waals surface area contributed by atoms with Gasteiger partial charge in [0, 0.05) is 24.6 Å². The lowest BCUT2D eigenvalue weighted by molar-refractivity contribution is -0.121. The van der Waals surface area contributed by atoms with E-state index in [0.29, 0.717) is 17.0 Å². The van der Waals surface area contributed by atoms with Crippen molar-refractivity contribution in [2.24, 2.45) is 0 Å². The van der Waals surface area contributed by atoms with Crippen molar-refractivity contribution in [1.82, 2.24) is 14.9 Å². The molecule has 0 bridgehead atoms. The third-order valence-corrected chi connectivity index (χ3v) is 5.91. The number of benzene rings is 3. The maximum Gasteiger partial charge on any atom is 0.275 e. The van der Waals surface area contributed by atoms with Gasteiger partial charge in [0.25, 0.3) is 11.8 Å². The van der Waals surface area contributed by atoms with Crippen LogP contribution in [0.1, 0.15) is 40.1 Å². The van der Waals surface area contributed by atoms with Crippen LogP contribution >= 0.6 is 0 Å². The zero-order chi connectivity index (χ0) is 26.2. The number of hydrogen-bond donors (Lipinski definition) is 1. The second-order valence-electron chi connectivity index (χ2n) is 8.37. The monoisotopic (exact) mass is 498 g/mol. The van der Waals surface area contributed by atoms with Crippen LogP contribution in [0.25, 0.3) is 0 Å². The molecule has 8 heteroatoms. The summed E-state index contributed by atoms with van der Waals surface area (Å²) in [5.41, 5.74) is 3.00. The number of amides is 2. The standard InChI is InChI=1S/C29H27FN4O3/c1-3-20-7-9-22(10-8-20)27(28(35)33-24-13-11-23(30)12-14-24)34(29(36)26-18-31-15-16-32-26)19-21-5-4-6-25(17-21)37-2/h4-18,27H,3,19H2,1-2H3,(H,33,35)/t27-/m1/s1. The van der Waals surface area contributed by atoms with E-state index in [4.69, 9.17) is 4.74 Å². The zero-order valence-electron chi connectivity index (χ0n) is 20.6. The van der Waals surface area contributed by atoms with Crippen molar-refractivity contribution in [1.29, 1.82) is 0 Å². The Morgan fingerprint density at radius 1 is 1.00 bits per heavy atom. The molecular formula is C29H27FN4O3. The molecule has 3 aromatic carbocycles. The Hall–Kier alpha value is -4.59. The molecular weight excluding hydrogens is 471 g/mol. The van der Waals surface area contributed by atoms with E-state index >= 15 is 0 Å². The summed E-state index contributed by atoms with van der Waals surface area (Å²) in [5, 5.41) is 2.83. The second-order valence-corrected chi connectivity index (χ2v) is 8.37. The Bertz CT molecular complexity index is 1350. The summed E-state index contributed by atoms with van der Waals surface area (Å²) >= 11 is 0. The molecule has 4 aromatic rings. The van der Waals surface area contributed by atoms with Crippen molar-refractivity contribution >= 4 is 17.5 Å². The van der Waals surface area contributed by atoms with E-state index < -0.39 is 23.7 Å². The number of aromatic nitrogens is 2. The third kappa shape index (κ3) is 6.35. The first-order valence-electron chi connectivity index (χ1n) is 11.8. The minimum Gasteiger partial charge on any atom is -0.497 e. The molecule has 0 saturated carbocycles. The fourth-order valence-corrected chi connectivity index (χ4v) is 3.96. The topological polar surface area (TPSA) is 84.4 Å². The van der Waals surface area contributed by atoms with Crippen LogP contribution in [0.15, 0.2) is 91.4 Å². The molecule has 0 unspecified atom stereocenters. The number of nitrogens with zero attached hydrogens (tertiary/aromatic N) is 3. The first-order valence-corrected chi connectivity index (χ1v) is 11.8. The SMILES string of the molecule is CCc1ccc([C@H](C(=O)Nc2ccc(F)cc2)N(Cc2cccc(OC)c2)C(=O)c2cnccn2)cc1. The van der Waals surface area contributed by atoms with Gasteiger partial charge in [-0.1, -0.05) is 43.3 Å². The number of rotatable bonds is 9. The average Bonchev–Trinajstić information content (AvgIpc) is 2.94. The quantitative estimate of drug-likeness (QED) is 0.343. The molecule has 1 aromatic heterocycles. The van der Waals surface area contributed by atoms with Crippen molar-refractivity contribution in [3.05, 3.63) is 120 Å². The highest BCUT2D eigenvalue weighted by molar-refractivity contribution is 6.00. The Kier molecular flexibility index (Phi) is 8.20. The molecule has 0 radical (unpaired) electrons. The Morgan fingerprint density at radius 3 is 2.41 bits per heavy atom. The molecule has 7 nitrogen and oxygen atoms in total. The highest BCUT2D eigenvalue weighted by atomic mass is 19.1. The lowest BCUT2D eigenvalue weighted by Gasteiger charge is -2.31. The van der Waals surface area contributed by atoms with E-state index in [9.17, 15) is 14.0 Å². The van der Waals surface area contributed by atoms with Crippen LogP contribution in [-0.2, 0) is 17.8 Å². The van der Waals surface area contributed by atoms with Gasteiger partial charge in [0.1, 0.15) is 23.3 Å². The predicted octanol–water partition coefficient (Wildman–Crippen LogP) is 5.21. The number of hydrogen-bond acceptors (Lipinski definition) is 5. The number of anilines is 1. The highest BCUT2D eigenvalue weighted by Crippen LogP contribution is 2.28. The third-order valence-electron chi connectivity index (χ3n) is 5.91. The Labute approximate surface area is 215 Å². The normalized spacial score (nSPS) is 11.4. The Balaban J connectivity index is 1.79. The number of carbonyl (C=O) groups is 2. The predicted molar refractivity (Wildman–Crippen MR) is 138 cm³/mol. The molecule has 4 rings (SSSR count). The average molecular weight is 499 g/mol. The number of methoxy groups -OCH3 is 1. The van der Waals surface area contributed by atoms with Crippen LogP contribution in [0.2, 0.25) is 0 Å². The van der Waals surface area contributed by atoms with Crippen molar-refractivity contribution in [2.75, 3.05) is 12.4 Å². The summed E-state index contributed by atoms with van der Waals surface area (Å²) in [7, 11) is 1.57. The van der Waals surface area contributed by atoms with E-state index in [2.05, 4.69) is 15.3 Å². The van der Waals surface area contributed by atoms with Gasteiger partial charge < -0.3 is 15.0 Å². The van der Waals surface area contributed by atoms with Crippen LogP contribution < -0.4 is 10.1 Å². The van der Waals surface area contributed by atoms with E-state index in [-0.39, 0.29) is 12.2 Å². The van der Waals surface area contributed by atoms with Crippen molar-refractivity contribution in [3.63, 3.8) is 0 Å². The number of nitrogens with one attached hydrogen (secondary N) is 1. The molecule has 0 spiro atoms. The summed E-state index contributed by atoms with van der Waals surface area (Å²) in [4.78, 5) is 37.3. The number of ether oxygens (including phenoxy) is 1. The van der Waals surface area contributed by atoms with Crippen LogP contribution in [0.4, 0.5) is 10.1 Å². The van der Waals surface area contributed by atoms with Crippen LogP contribution in [0.5, 0.6) is 5.75 Å². The highest BCUT2D eigenvalue weighted by Gasteiger charge is 2.33. The van der Waals surface area contributed by atoms with Crippen molar-refractivity contribution in [3.8, 4) is 5.75 Å². The smallest absolute Gasteiger partial charge is 0.275 e. The van der Waals surface area contributed by atoms with Gasteiger partial charge in [-0.25, -0.2) is 9.37 Å². The number of aryl methyl sites for hydroxylation is 1. The van der Waals surface area contributed by atoms with Gasteiger partial charge in [0.15, 0.2) is 0 Å². The van der Waals surface area contributed by atoms with Gasteiger partial charge in [0.05, 0.1) is 13.3 Å². The first-order chi connectivity index (χ1) is 18.0. The lowest BCUT2D eigenvalue weighted by Crippen LogP contribution is -2.41.